The predicted octanol–water partition coefficient (Wildman–Crippen LogP) is 3.63. The van der Waals surface area contributed by atoms with Crippen LogP contribution in [0.25, 0.3) is 28.0 Å². The highest BCUT2D eigenvalue weighted by molar-refractivity contribution is 5.93. The number of para-hydroxylation sites is 1. The molecule has 1 aliphatic rings. The number of rotatable bonds is 6. The Morgan fingerprint density at radius 2 is 2.03 bits per heavy atom. The highest BCUT2D eigenvalue weighted by atomic mass is 16.2. The number of carbonyl (C=O) groups is 1. The second-order valence-corrected chi connectivity index (χ2v) is 9.24. The number of aryl methyl sites for hydroxylation is 1. The lowest BCUT2D eigenvalue weighted by Gasteiger charge is -2.29. The zero-order valence-corrected chi connectivity index (χ0v) is 20.0. The molecule has 8 heteroatoms. The molecule has 8 nitrogen and oxygen atoms in total. The van der Waals surface area contributed by atoms with Crippen LogP contribution in [0, 0.1) is 0 Å². The van der Waals surface area contributed by atoms with Crippen molar-refractivity contribution in [3.05, 3.63) is 59.9 Å². The lowest BCUT2D eigenvalue weighted by molar-refractivity contribution is -0.125. The van der Waals surface area contributed by atoms with E-state index in [-0.39, 0.29) is 5.91 Å². The molecule has 1 fully saturated rings. The number of piperidine rings is 1. The van der Waals surface area contributed by atoms with E-state index in [2.05, 4.69) is 55.2 Å². The molecule has 1 saturated heterocycles. The van der Waals surface area contributed by atoms with E-state index in [9.17, 15) is 4.79 Å². The average Bonchev–Trinajstić information content (AvgIpc) is 3.39. The summed E-state index contributed by atoms with van der Waals surface area (Å²) in [6.45, 7) is 2.71. The van der Waals surface area contributed by atoms with Gasteiger partial charge in [-0.05, 0) is 68.2 Å². The van der Waals surface area contributed by atoms with Gasteiger partial charge in [-0.2, -0.15) is 5.10 Å². The van der Waals surface area contributed by atoms with Gasteiger partial charge in [0.2, 0.25) is 5.91 Å². The fourth-order valence-electron chi connectivity index (χ4n) is 4.58. The highest BCUT2D eigenvalue weighted by Gasteiger charge is 2.18. The molecular weight excluding hydrogens is 426 g/mol. The third kappa shape index (κ3) is 4.54. The first-order valence-corrected chi connectivity index (χ1v) is 11.7. The molecule has 1 aromatic carbocycles. The van der Waals surface area contributed by atoms with E-state index in [1.54, 1.807) is 17.2 Å². The topological polar surface area (TPSA) is 82.1 Å². The van der Waals surface area contributed by atoms with Crippen LogP contribution in [0.15, 0.2) is 48.7 Å². The van der Waals surface area contributed by atoms with Gasteiger partial charge in [-0.25, -0.2) is 4.98 Å². The monoisotopic (exact) mass is 457 g/mol. The number of hydrogen-bond donors (Lipinski definition) is 2. The minimum Gasteiger partial charge on any atom is -0.365 e. The Balaban J connectivity index is 1.27. The number of anilines is 1. The Morgan fingerprint density at radius 1 is 1.24 bits per heavy atom. The zero-order chi connectivity index (χ0) is 23.7. The van der Waals surface area contributed by atoms with Crippen molar-refractivity contribution < 1.29 is 4.79 Å². The second kappa shape index (κ2) is 9.30. The molecule has 0 radical (unpaired) electrons. The van der Waals surface area contributed by atoms with Crippen LogP contribution in [0.2, 0.25) is 0 Å². The van der Waals surface area contributed by atoms with Gasteiger partial charge in [-0.1, -0.05) is 18.2 Å². The maximum atomic E-state index is 12.8. The molecular formula is C26H31N7O. The first kappa shape index (κ1) is 22.2. The number of pyridine rings is 1. The molecule has 1 amide bonds. The summed E-state index contributed by atoms with van der Waals surface area (Å²) in [4.78, 5) is 21.3. The first-order chi connectivity index (χ1) is 16.5. The molecule has 0 atom stereocenters. The lowest BCUT2D eigenvalue weighted by atomic mass is 10.1. The number of fused-ring (bicyclic) bond motifs is 2. The van der Waals surface area contributed by atoms with Crippen LogP contribution < -0.4 is 5.32 Å². The summed E-state index contributed by atoms with van der Waals surface area (Å²) in [7, 11) is 6.02. The Morgan fingerprint density at radius 3 is 2.82 bits per heavy atom. The van der Waals surface area contributed by atoms with Crippen LogP contribution in [0.3, 0.4) is 0 Å². The quantitative estimate of drug-likeness (QED) is 0.432. The second-order valence-electron chi connectivity index (χ2n) is 9.24. The van der Waals surface area contributed by atoms with E-state index in [0.29, 0.717) is 12.6 Å². The molecule has 34 heavy (non-hydrogen) atoms. The molecule has 0 bridgehead atoms. The highest BCUT2D eigenvalue weighted by Crippen LogP contribution is 2.24. The fourth-order valence-corrected chi connectivity index (χ4v) is 4.58. The van der Waals surface area contributed by atoms with Crippen molar-refractivity contribution in [3.8, 4) is 0 Å². The van der Waals surface area contributed by atoms with Gasteiger partial charge in [0.25, 0.3) is 0 Å². The van der Waals surface area contributed by atoms with Crippen LogP contribution in [0.1, 0.15) is 24.1 Å². The van der Waals surface area contributed by atoms with E-state index in [1.165, 1.54) is 5.39 Å². The van der Waals surface area contributed by atoms with Crippen LogP contribution in [0.4, 0.5) is 5.82 Å². The number of amides is 1. The van der Waals surface area contributed by atoms with Crippen molar-refractivity contribution >= 4 is 39.7 Å². The molecule has 1 aliphatic heterocycles. The van der Waals surface area contributed by atoms with Crippen molar-refractivity contribution in [2.75, 3.05) is 32.5 Å². The maximum Gasteiger partial charge on any atom is 0.246 e. The normalized spacial score (nSPS) is 15.5. The van der Waals surface area contributed by atoms with Gasteiger partial charge in [0.05, 0.1) is 11.9 Å². The lowest BCUT2D eigenvalue weighted by Crippen LogP contribution is -2.36. The van der Waals surface area contributed by atoms with E-state index >= 15 is 0 Å². The Hall–Kier alpha value is -3.65. The van der Waals surface area contributed by atoms with Gasteiger partial charge in [0.1, 0.15) is 0 Å². The zero-order valence-electron chi connectivity index (χ0n) is 20.0. The van der Waals surface area contributed by atoms with Gasteiger partial charge in [-0.3, -0.25) is 9.89 Å². The molecule has 2 N–H and O–H groups in total. The van der Waals surface area contributed by atoms with Gasteiger partial charge < -0.3 is 19.7 Å². The standard InChI is InChI=1S/C26H31N7O/c1-31-12-10-20(11-13-31)28-26-22-14-18(16-27-25(22)29-30-26)8-9-24(34)32(2)17-21-15-19-6-4-5-7-23(19)33(21)3/h4-9,14-16,20H,10-13,17H2,1-3H3,(H2,27,28,29,30)/b9-8+. The number of likely N-dealkylation sites (N-methyl/N-ethyl adjacent to an activating group) is 1. The molecule has 0 saturated carbocycles. The van der Waals surface area contributed by atoms with Crippen LogP contribution in [-0.4, -0.2) is 68.7 Å². The molecule has 4 aromatic rings. The summed E-state index contributed by atoms with van der Waals surface area (Å²) >= 11 is 0. The minimum atomic E-state index is -0.0535. The molecule has 0 aliphatic carbocycles. The van der Waals surface area contributed by atoms with Crippen LogP contribution in [-0.2, 0) is 18.4 Å². The average molecular weight is 458 g/mol. The molecule has 5 rings (SSSR count). The van der Waals surface area contributed by atoms with Crippen LogP contribution in [0.5, 0.6) is 0 Å². The molecule has 0 spiro atoms. The Labute approximate surface area is 199 Å². The minimum absolute atomic E-state index is 0.0535. The number of nitrogens with zero attached hydrogens (tertiary/aromatic N) is 5. The van der Waals surface area contributed by atoms with Gasteiger partial charge >= 0.3 is 0 Å². The largest absolute Gasteiger partial charge is 0.365 e. The van der Waals surface area contributed by atoms with E-state index in [0.717, 1.165) is 59.6 Å². The molecule has 176 valence electrons. The number of benzene rings is 1. The van der Waals surface area contributed by atoms with E-state index < -0.39 is 0 Å². The summed E-state index contributed by atoms with van der Waals surface area (Å²) in [5, 5.41) is 13.1. The molecule has 0 unspecified atom stereocenters. The summed E-state index contributed by atoms with van der Waals surface area (Å²) < 4.78 is 2.14. The maximum absolute atomic E-state index is 12.8. The number of aromatic nitrogens is 4. The number of likely N-dealkylation sites (tertiary alicyclic amines) is 1. The van der Waals surface area contributed by atoms with Crippen molar-refractivity contribution in [2.45, 2.75) is 25.4 Å². The number of nitrogens with one attached hydrogen (secondary N) is 2. The van der Waals surface area contributed by atoms with Crippen molar-refractivity contribution in [3.63, 3.8) is 0 Å². The van der Waals surface area contributed by atoms with E-state index in [1.807, 2.05) is 38.4 Å². The Kier molecular flexibility index (Phi) is 6.06. The summed E-state index contributed by atoms with van der Waals surface area (Å²) in [6.07, 6.45) is 7.37. The Bertz CT molecular complexity index is 1340. The molecule has 3 aromatic heterocycles. The third-order valence-corrected chi connectivity index (χ3v) is 6.74. The summed E-state index contributed by atoms with van der Waals surface area (Å²) in [5.74, 6) is 0.772. The summed E-state index contributed by atoms with van der Waals surface area (Å²) in [5.41, 5.74) is 3.87. The van der Waals surface area contributed by atoms with Gasteiger partial charge in [0, 0.05) is 43.6 Å². The number of carbonyl (C=O) groups excluding carboxylic acids is 1. The van der Waals surface area contributed by atoms with Crippen molar-refractivity contribution in [1.29, 1.82) is 0 Å². The third-order valence-electron chi connectivity index (χ3n) is 6.74. The number of hydrogen-bond acceptors (Lipinski definition) is 5. The van der Waals surface area contributed by atoms with E-state index in [4.69, 9.17) is 0 Å². The van der Waals surface area contributed by atoms with Crippen molar-refractivity contribution in [1.82, 2.24) is 29.5 Å². The van der Waals surface area contributed by atoms with Gasteiger partial charge in [0.15, 0.2) is 11.5 Å². The number of aromatic amines is 1. The SMILES string of the molecule is CN1CCC(Nc2n[nH]c3ncc(/C=C/C(=O)N(C)Cc4cc5ccccc5n4C)cc23)CC1. The smallest absolute Gasteiger partial charge is 0.246 e. The fraction of sp³-hybridized carbons (Fsp3) is 0.346. The first-order valence-electron chi connectivity index (χ1n) is 11.7. The van der Waals surface area contributed by atoms with Gasteiger partial charge in [-0.15, -0.1) is 0 Å². The summed E-state index contributed by atoms with van der Waals surface area (Å²) in [6, 6.07) is 12.8. The predicted molar refractivity (Wildman–Crippen MR) is 136 cm³/mol. The number of H-pyrrole nitrogens is 1. The molecule has 4 heterocycles. The van der Waals surface area contributed by atoms with Crippen molar-refractivity contribution in [2.24, 2.45) is 7.05 Å². The van der Waals surface area contributed by atoms with Crippen LogP contribution >= 0.6 is 0 Å².